The summed E-state index contributed by atoms with van der Waals surface area (Å²) in [5.41, 5.74) is 0.661. The minimum Gasteiger partial charge on any atom is -0.480 e. The van der Waals surface area contributed by atoms with Crippen molar-refractivity contribution in [1.82, 2.24) is 10.3 Å². The van der Waals surface area contributed by atoms with Crippen LogP contribution in [0.5, 0.6) is 5.88 Å². The zero-order chi connectivity index (χ0) is 15.4. The van der Waals surface area contributed by atoms with Crippen LogP contribution in [0.4, 0.5) is 9.52 Å². The number of ether oxygens (including phenoxy) is 1. The van der Waals surface area contributed by atoms with Crippen molar-refractivity contribution in [2.75, 3.05) is 26.1 Å². The Kier molecular flexibility index (Phi) is 5.14. The smallest absolute Gasteiger partial charge is 0.230 e. The molecule has 0 spiro atoms. The average Bonchev–Trinajstić information content (AvgIpc) is 2.88. The van der Waals surface area contributed by atoms with Crippen molar-refractivity contribution in [2.45, 2.75) is 19.5 Å². The van der Waals surface area contributed by atoms with E-state index in [4.69, 9.17) is 4.74 Å². The van der Waals surface area contributed by atoms with Gasteiger partial charge in [-0.1, -0.05) is 29.5 Å². The van der Waals surface area contributed by atoms with Crippen LogP contribution in [0, 0.1) is 5.82 Å². The van der Waals surface area contributed by atoms with Gasteiger partial charge in [0.1, 0.15) is 5.82 Å². The lowest BCUT2D eigenvalue weighted by Gasteiger charge is -2.14. The number of rotatable bonds is 6. The summed E-state index contributed by atoms with van der Waals surface area (Å²) in [5.74, 6) is 0.430. The molecule has 0 aliphatic rings. The largest absolute Gasteiger partial charge is 0.480 e. The van der Waals surface area contributed by atoms with E-state index in [1.54, 1.807) is 30.6 Å². The average molecular weight is 309 g/mol. The SMILES string of the molecule is COc1nc(N(C)C)sc1CN[C@H](C)c1ccccc1F. The summed E-state index contributed by atoms with van der Waals surface area (Å²) in [5, 5.41) is 4.21. The van der Waals surface area contributed by atoms with E-state index >= 15 is 0 Å². The molecular formula is C15H20FN3OS. The fourth-order valence-electron chi connectivity index (χ4n) is 1.97. The highest BCUT2D eigenvalue weighted by molar-refractivity contribution is 7.15. The van der Waals surface area contributed by atoms with Crippen LogP contribution in [0.1, 0.15) is 23.4 Å². The monoisotopic (exact) mass is 309 g/mol. The summed E-state index contributed by atoms with van der Waals surface area (Å²) in [6, 6.07) is 6.73. The molecule has 114 valence electrons. The van der Waals surface area contributed by atoms with Gasteiger partial charge >= 0.3 is 0 Å². The summed E-state index contributed by atoms with van der Waals surface area (Å²) in [4.78, 5) is 7.35. The Labute approximate surface area is 128 Å². The second-order valence-electron chi connectivity index (χ2n) is 4.95. The molecule has 0 saturated carbocycles. The Balaban J connectivity index is 2.07. The van der Waals surface area contributed by atoms with Crippen molar-refractivity contribution in [1.29, 1.82) is 0 Å². The highest BCUT2D eigenvalue weighted by Gasteiger charge is 2.15. The van der Waals surface area contributed by atoms with Crippen molar-refractivity contribution >= 4 is 16.5 Å². The third kappa shape index (κ3) is 3.71. The number of methoxy groups -OCH3 is 1. The number of halogens is 1. The first kappa shape index (κ1) is 15.7. The summed E-state index contributed by atoms with van der Waals surface area (Å²) in [6.45, 7) is 2.53. The summed E-state index contributed by atoms with van der Waals surface area (Å²) >= 11 is 1.57. The molecule has 0 bridgehead atoms. The van der Waals surface area contributed by atoms with E-state index in [9.17, 15) is 4.39 Å². The molecule has 0 unspecified atom stereocenters. The first-order chi connectivity index (χ1) is 10.0. The number of aromatic nitrogens is 1. The Hall–Kier alpha value is -1.66. The minimum absolute atomic E-state index is 0.0826. The van der Waals surface area contributed by atoms with E-state index in [1.807, 2.05) is 32.0 Å². The molecule has 1 aromatic carbocycles. The van der Waals surface area contributed by atoms with Gasteiger partial charge in [0.25, 0.3) is 0 Å². The van der Waals surface area contributed by atoms with Crippen LogP contribution in [0.15, 0.2) is 24.3 Å². The number of nitrogens with one attached hydrogen (secondary N) is 1. The van der Waals surface area contributed by atoms with Gasteiger partial charge in [-0.3, -0.25) is 0 Å². The number of hydrogen-bond acceptors (Lipinski definition) is 5. The quantitative estimate of drug-likeness (QED) is 0.889. The maximum absolute atomic E-state index is 13.7. The molecule has 2 aromatic rings. The van der Waals surface area contributed by atoms with Gasteiger partial charge in [-0.05, 0) is 13.0 Å². The Morgan fingerprint density at radius 3 is 2.71 bits per heavy atom. The van der Waals surface area contributed by atoms with Crippen LogP contribution in [0.3, 0.4) is 0 Å². The normalized spacial score (nSPS) is 12.2. The number of hydrogen-bond donors (Lipinski definition) is 1. The van der Waals surface area contributed by atoms with Crippen molar-refractivity contribution in [2.24, 2.45) is 0 Å². The van der Waals surface area contributed by atoms with Gasteiger partial charge in [0, 0.05) is 32.2 Å². The van der Waals surface area contributed by atoms with Crippen LogP contribution in [0.25, 0.3) is 0 Å². The van der Waals surface area contributed by atoms with Gasteiger partial charge in [0.2, 0.25) is 5.88 Å². The van der Waals surface area contributed by atoms with Gasteiger partial charge < -0.3 is 15.0 Å². The number of anilines is 1. The van der Waals surface area contributed by atoms with E-state index in [0.717, 1.165) is 10.0 Å². The first-order valence-electron chi connectivity index (χ1n) is 6.71. The lowest BCUT2D eigenvalue weighted by molar-refractivity contribution is 0.393. The number of nitrogens with zero attached hydrogens (tertiary/aromatic N) is 2. The Morgan fingerprint density at radius 1 is 1.38 bits per heavy atom. The van der Waals surface area contributed by atoms with Gasteiger partial charge in [0.15, 0.2) is 5.13 Å². The molecule has 0 fully saturated rings. The fraction of sp³-hybridized carbons (Fsp3) is 0.400. The summed E-state index contributed by atoms with van der Waals surface area (Å²) < 4.78 is 19.0. The predicted octanol–water partition coefficient (Wildman–Crippen LogP) is 3.21. The lowest BCUT2D eigenvalue weighted by atomic mass is 10.1. The summed E-state index contributed by atoms with van der Waals surface area (Å²) in [7, 11) is 5.49. The molecule has 0 aliphatic carbocycles. The Morgan fingerprint density at radius 2 is 2.10 bits per heavy atom. The van der Waals surface area contributed by atoms with Crippen LogP contribution in [0.2, 0.25) is 0 Å². The second-order valence-corrected chi connectivity index (χ2v) is 6.01. The summed E-state index contributed by atoms with van der Waals surface area (Å²) in [6.07, 6.45) is 0. The van der Waals surface area contributed by atoms with Gasteiger partial charge in [-0.25, -0.2) is 4.39 Å². The van der Waals surface area contributed by atoms with Gasteiger partial charge in [-0.15, -0.1) is 0 Å². The number of benzene rings is 1. The zero-order valence-electron chi connectivity index (χ0n) is 12.7. The fourth-order valence-corrected chi connectivity index (χ4v) is 2.87. The van der Waals surface area contributed by atoms with E-state index in [2.05, 4.69) is 10.3 Å². The zero-order valence-corrected chi connectivity index (χ0v) is 13.5. The van der Waals surface area contributed by atoms with Crippen molar-refractivity contribution in [3.63, 3.8) is 0 Å². The van der Waals surface area contributed by atoms with E-state index in [1.165, 1.54) is 6.07 Å². The Bertz CT molecular complexity index is 600. The van der Waals surface area contributed by atoms with E-state index in [0.29, 0.717) is 18.0 Å². The molecule has 4 nitrogen and oxygen atoms in total. The van der Waals surface area contributed by atoms with Crippen molar-refractivity contribution < 1.29 is 9.13 Å². The molecule has 1 aromatic heterocycles. The highest BCUT2D eigenvalue weighted by atomic mass is 32.1. The molecule has 21 heavy (non-hydrogen) atoms. The molecule has 0 saturated heterocycles. The van der Waals surface area contributed by atoms with Crippen LogP contribution in [-0.2, 0) is 6.54 Å². The van der Waals surface area contributed by atoms with Crippen LogP contribution in [-0.4, -0.2) is 26.2 Å². The molecule has 1 heterocycles. The molecular weight excluding hydrogens is 289 g/mol. The second kappa shape index (κ2) is 6.87. The topological polar surface area (TPSA) is 37.4 Å². The van der Waals surface area contributed by atoms with E-state index < -0.39 is 0 Å². The standard InChI is InChI=1S/C15H20FN3OS/c1-10(11-7-5-6-8-12(11)16)17-9-13-14(20-4)18-15(21-13)19(2)3/h5-8,10,17H,9H2,1-4H3/t10-/m1/s1. The molecule has 1 N–H and O–H groups in total. The molecule has 6 heteroatoms. The van der Waals surface area contributed by atoms with Crippen molar-refractivity contribution in [3.05, 3.63) is 40.5 Å². The maximum Gasteiger partial charge on any atom is 0.230 e. The van der Waals surface area contributed by atoms with Crippen LogP contribution >= 0.6 is 11.3 Å². The number of thiazole rings is 1. The molecule has 0 amide bonds. The minimum atomic E-state index is -0.192. The third-order valence-corrected chi connectivity index (χ3v) is 4.37. The van der Waals surface area contributed by atoms with Gasteiger partial charge in [0.05, 0.1) is 12.0 Å². The molecule has 1 atom stereocenters. The predicted molar refractivity (Wildman–Crippen MR) is 84.6 cm³/mol. The molecule has 0 radical (unpaired) electrons. The molecule has 2 rings (SSSR count). The lowest BCUT2D eigenvalue weighted by Crippen LogP contribution is -2.18. The highest BCUT2D eigenvalue weighted by Crippen LogP contribution is 2.30. The van der Waals surface area contributed by atoms with Crippen molar-refractivity contribution in [3.8, 4) is 5.88 Å². The third-order valence-electron chi connectivity index (χ3n) is 3.17. The molecule has 0 aliphatic heterocycles. The van der Waals surface area contributed by atoms with E-state index in [-0.39, 0.29) is 11.9 Å². The van der Waals surface area contributed by atoms with Gasteiger partial charge in [-0.2, -0.15) is 4.98 Å². The first-order valence-corrected chi connectivity index (χ1v) is 7.53. The maximum atomic E-state index is 13.7. The van der Waals surface area contributed by atoms with Crippen LogP contribution < -0.4 is 15.0 Å².